The summed E-state index contributed by atoms with van der Waals surface area (Å²) in [7, 11) is 1.54. The van der Waals surface area contributed by atoms with Crippen LogP contribution in [0.2, 0.25) is 0 Å². The van der Waals surface area contributed by atoms with E-state index in [1.165, 1.54) is 7.11 Å². The summed E-state index contributed by atoms with van der Waals surface area (Å²) in [5.41, 5.74) is 2.11. The molecule has 0 radical (unpaired) electrons. The van der Waals surface area contributed by atoms with Crippen molar-refractivity contribution in [2.75, 3.05) is 20.3 Å². The number of carboxylic acids is 1. The lowest BCUT2D eigenvalue weighted by molar-refractivity contribution is -0.0475. The molecule has 110 valence electrons. The van der Waals surface area contributed by atoms with Gasteiger partial charge in [0.2, 0.25) is 0 Å². The lowest BCUT2D eigenvalue weighted by Crippen LogP contribution is -2.10. The van der Waals surface area contributed by atoms with Crippen LogP contribution < -0.4 is 4.74 Å². The van der Waals surface area contributed by atoms with Crippen molar-refractivity contribution >= 4 is 5.97 Å². The fourth-order valence-electron chi connectivity index (χ4n) is 2.44. The normalized spacial score (nSPS) is 15.5. The van der Waals surface area contributed by atoms with E-state index in [-0.39, 0.29) is 6.29 Å². The zero-order valence-electron chi connectivity index (χ0n) is 11.8. The van der Waals surface area contributed by atoms with Crippen LogP contribution in [0.25, 0.3) is 0 Å². The average molecular weight is 280 g/mol. The number of rotatable bonds is 6. The quantitative estimate of drug-likeness (QED) is 0.866. The first-order valence-corrected chi connectivity index (χ1v) is 6.76. The lowest BCUT2D eigenvalue weighted by atomic mass is 9.96. The Morgan fingerprint density at radius 3 is 2.70 bits per heavy atom. The third-order valence-electron chi connectivity index (χ3n) is 3.47. The van der Waals surface area contributed by atoms with Crippen LogP contribution >= 0.6 is 0 Å². The number of hydrogen-bond donors (Lipinski definition) is 1. The van der Waals surface area contributed by atoms with Gasteiger partial charge in [0.15, 0.2) is 6.29 Å². The second-order valence-electron chi connectivity index (χ2n) is 4.84. The maximum Gasteiger partial charge on any atom is 0.336 e. The largest absolute Gasteiger partial charge is 0.497 e. The van der Waals surface area contributed by atoms with E-state index in [4.69, 9.17) is 14.2 Å². The van der Waals surface area contributed by atoms with E-state index in [9.17, 15) is 9.90 Å². The molecule has 0 spiro atoms. The van der Waals surface area contributed by atoms with Crippen LogP contribution in [0.3, 0.4) is 0 Å². The van der Waals surface area contributed by atoms with Crippen LogP contribution in [0.15, 0.2) is 12.1 Å². The summed E-state index contributed by atoms with van der Waals surface area (Å²) in [6.45, 7) is 3.20. The molecule has 0 aliphatic carbocycles. The van der Waals surface area contributed by atoms with Crippen molar-refractivity contribution in [3.63, 3.8) is 0 Å². The molecule has 2 rings (SSSR count). The van der Waals surface area contributed by atoms with E-state index in [2.05, 4.69) is 0 Å². The number of aromatic carboxylic acids is 1. The Morgan fingerprint density at radius 1 is 1.40 bits per heavy atom. The Hall–Kier alpha value is -1.59. The van der Waals surface area contributed by atoms with Crippen molar-refractivity contribution < 1.29 is 24.1 Å². The van der Waals surface area contributed by atoms with Crippen molar-refractivity contribution in [3.8, 4) is 5.75 Å². The minimum absolute atomic E-state index is 0.137. The number of carboxylic acid groups (broad SMARTS) is 1. The molecule has 0 atom stereocenters. The Kier molecular flexibility index (Phi) is 4.98. The molecule has 5 nitrogen and oxygen atoms in total. The van der Waals surface area contributed by atoms with Crippen LogP contribution in [0.1, 0.15) is 34.3 Å². The first kappa shape index (κ1) is 14.8. The highest BCUT2D eigenvalue weighted by Crippen LogP contribution is 2.24. The Bertz CT molecular complexity index is 477. The third-order valence-corrected chi connectivity index (χ3v) is 3.47. The maximum atomic E-state index is 11.4. The lowest BCUT2D eigenvalue weighted by Gasteiger charge is -2.13. The van der Waals surface area contributed by atoms with Gasteiger partial charge in [-0.25, -0.2) is 4.79 Å². The predicted octanol–water partition coefficient (Wildman–Crippen LogP) is 2.40. The summed E-state index contributed by atoms with van der Waals surface area (Å²) in [4.78, 5) is 11.4. The summed E-state index contributed by atoms with van der Waals surface area (Å²) in [6.07, 6.45) is 2.17. The van der Waals surface area contributed by atoms with Gasteiger partial charge in [0.25, 0.3) is 0 Å². The van der Waals surface area contributed by atoms with Crippen molar-refractivity contribution in [1.82, 2.24) is 0 Å². The van der Waals surface area contributed by atoms with Gasteiger partial charge < -0.3 is 19.3 Å². The van der Waals surface area contributed by atoms with Crippen molar-refractivity contribution in [2.45, 2.75) is 32.5 Å². The summed E-state index contributed by atoms with van der Waals surface area (Å²) in [5.74, 6) is -0.346. The van der Waals surface area contributed by atoms with E-state index in [1.54, 1.807) is 6.07 Å². The van der Waals surface area contributed by atoms with Crippen molar-refractivity contribution in [3.05, 3.63) is 28.8 Å². The van der Waals surface area contributed by atoms with E-state index in [0.717, 1.165) is 24.0 Å². The number of methoxy groups -OCH3 is 1. The van der Waals surface area contributed by atoms with Gasteiger partial charge in [-0.05, 0) is 49.4 Å². The molecule has 0 bridgehead atoms. The SMILES string of the molecule is COc1cc(C)c(CCCC2OCCO2)c(C(=O)O)c1. The van der Waals surface area contributed by atoms with Gasteiger partial charge >= 0.3 is 5.97 Å². The molecule has 1 aromatic rings. The van der Waals surface area contributed by atoms with Crippen LogP contribution in [-0.2, 0) is 15.9 Å². The van der Waals surface area contributed by atoms with E-state index < -0.39 is 5.97 Å². The van der Waals surface area contributed by atoms with Crippen LogP contribution in [0, 0.1) is 6.92 Å². The molecule has 1 aliphatic rings. The van der Waals surface area contributed by atoms with Gasteiger partial charge in [-0.3, -0.25) is 0 Å². The molecule has 1 N–H and O–H groups in total. The van der Waals surface area contributed by atoms with Gasteiger partial charge in [-0.1, -0.05) is 0 Å². The van der Waals surface area contributed by atoms with Crippen molar-refractivity contribution in [2.24, 2.45) is 0 Å². The minimum atomic E-state index is -0.921. The number of hydrogen-bond acceptors (Lipinski definition) is 4. The van der Waals surface area contributed by atoms with E-state index in [0.29, 0.717) is 30.9 Å². The van der Waals surface area contributed by atoms with Gasteiger partial charge in [0, 0.05) is 0 Å². The average Bonchev–Trinajstić information content (AvgIpc) is 2.93. The van der Waals surface area contributed by atoms with Gasteiger partial charge in [0.05, 0.1) is 25.9 Å². The standard InChI is InChI=1S/C15H20O5/c1-10-8-11(18-2)9-13(15(16)17)12(10)4-3-5-14-19-6-7-20-14/h8-9,14H,3-7H2,1-2H3,(H,16,17). The van der Waals surface area contributed by atoms with Crippen LogP contribution in [0.5, 0.6) is 5.75 Å². The highest BCUT2D eigenvalue weighted by molar-refractivity contribution is 5.90. The molecule has 1 aliphatic heterocycles. The highest BCUT2D eigenvalue weighted by atomic mass is 16.7. The molecule has 1 aromatic carbocycles. The number of carbonyl (C=O) groups is 1. The summed E-state index contributed by atoms with van der Waals surface area (Å²) in [5, 5.41) is 9.32. The number of aryl methyl sites for hydroxylation is 1. The third kappa shape index (κ3) is 3.49. The molecule has 1 fully saturated rings. The molecule has 0 amide bonds. The van der Waals surface area contributed by atoms with E-state index in [1.807, 2.05) is 13.0 Å². The van der Waals surface area contributed by atoms with Gasteiger partial charge in [-0.2, -0.15) is 0 Å². The Labute approximate surface area is 118 Å². The molecule has 1 heterocycles. The molecule has 1 saturated heterocycles. The second-order valence-corrected chi connectivity index (χ2v) is 4.84. The fourth-order valence-corrected chi connectivity index (χ4v) is 2.44. The zero-order chi connectivity index (χ0) is 14.5. The molecular weight excluding hydrogens is 260 g/mol. The van der Waals surface area contributed by atoms with Crippen LogP contribution in [0.4, 0.5) is 0 Å². The second kappa shape index (κ2) is 6.72. The maximum absolute atomic E-state index is 11.4. The Balaban J connectivity index is 2.06. The minimum Gasteiger partial charge on any atom is -0.497 e. The van der Waals surface area contributed by atoms with E-state index >= 15 is 0 Å². The zero-order valence-corrected chi connectivity index (χ0v) is 11.8. The molecule has 5 heteroatoms. The predicted molar refractivity (Wildman–Crippen MR) is 73.3 cm³/mol. The summed E-state index contributed by atoms with van der Waals surface area (Å²) in [6, 6.07) is 3.44. The molecule has 0 unspecified atom stereocenters. The number of ether oxygens (including phenoxy) is 3. The molecule has 0 aromatic heterocycles. The Morgan fingerprint density at radius 2 is 2.10 bits per heavy atom. The van der Waals surface area contributed by atoms with Gasteiger partial charge in [0.1, 0.15) is 5.75 Å². The van der Waals surface area contributed by atoms with Crippen LogP contribution in [-0.4, -0.2) is 37.7 Å². The molecule has 0 saturated carbocycles. The number of benzene rings is 1. The highest BCUT2D eigenvalue weighted by Gasteiger charge is 2.18. The first-order chi connectivity index (χ1) is 9.61. The van der Waals surface area contributed by atoms with Crippen molar-refractivity contribution in [1.29, 1.82) is 0 Å². The monoisotopic (exact) mass is 280 g/mol. The smallest absolute Gasteiger partial charge is 0.336 e. The fraction of sp³-hybridized carbons (Fsp3) is 0.533. The van der Waals surface area contributed by atoms with Gasteiger partial charge in [-0.15, -0.1) is 0 Å². The summed E-state index contributed by atoms with van der Waals surface area (Å²) >= 11 is 0. The topological polar surface area (TPSA) is 65.0 Å². The first-order valence-electron chi connectivity index (χ1n) is 6.76. The molecular formula is C15H20O5. The summed E-state index contributed by atoms with van der Waals surface area (Å²) < 4.78 is 15.9. The molecule has 20 heavy (non-hydrogen) atoms.